The predicted molar refractivity (Wildman–Crippen MR) is 181 cm³/mol. The van der Waals surface area contributed by atoms with Crippen LogP contribution in [-0.2, 0) is 16.5 Å². The molecule has 4 aromatic carbocycles. The molecule has 218 valence electrons. The number of benzene rings is 4. The third-order valence-electron chi connectivity index (χ3n) is 5.77. The van der Waals surface area contributed by atoms with Crippen molar-refractivity contribution < 1.29 is 26.7 Å². The molecule has 11 heteroatoms. The summed E-state index contributed by atoms with van der Waals surface area (Å²) in [5, 5.41) is 24.6. The molecule has 0 atom stereocenters. The van der Waals surface area contributed by atoms with Gasteiger partial charge in [0.15, 0.2) is 0 Å². The topological polar surface area (TPSA) is 91.0 Å². The van der Waals surface area contributed by atoms with E-state index in [1.807, 2.05) is 83.6 Å². The van der Waals surface area contributed by atoms with Gasteiger partial charge >= 0.3 is 0 Å². The minimum Gasteiger partial charge on any atom is -0.507 e. The number of hydrogen-bond donors (Lipinski definition) is 2. The van der Waals surface area contributed by atoms with Crippen LogP contribution in [0, 0.1) is 0 Å². The Morgan fingerprint density at radius 1 is 0.558 bits per heavy atom. The van der Waals surface area contributed by atoms with Gasteiger partial charge in [0.05, 0.1) is 11.4 Å². The van der Waals surface area contributed by atoms with Crippen LogP contribution in [0.5, 0.6) is 11.5 Å². The van der Waals surface area contributed by atoms with Crippen LogP contribution in [-0.4, -0.2) is 32.6 Å². The van der Waals surface area contributed by atoms with Gasteiger partial charge in [-0.15, -0.1) is 22.7 Å². The van der Waals surface area contributed by atoms with E-state index in [9.17, 15) is 10.2 Å². The van der Waals surface area contributed by atoms with Crippen LogP contribution in [0.15, 0.2) is 127 Å². The van der Waals surface area contributed by atoms with Gasteiger partial charge in [0.2, 0.25) is 10.3 Å². The molecule has 6 aromatic rings. The first kappa shape index (κ1) is 32.4. The van der Waals surface area contributed by atoms with E-state index in [4.69, 9.17) is 0 Å². The summed E-state index contributed by atoms with van der Waals surface area (Å²) in [5.74, 6) is 0.428. The van der Waals surface area contributed by atoms with Crippen LogP contribution in [0.4, 0.5) is 10.3 Å². The van der Waals surface area contributed by atoms with E-state index in [2.05, 4.69) is 51.8 Å². The van der Waals surface area contributed by atoms with Crippen molar-refractivity contribution in [2.45, 2.75) is 0 Å². The number of phenols is 2. The summed E-state index contributed by atoms with van der Waals surface area (Å²) in [5.41, 5.74) is 5.27. The second-order valence-electron chi connectivity index (χ2n) is 8.68. The number of aromatic hydroxyl groups is 2. The van der Waals surface area contributed by atoms with Gasteiger partial charge in [0.1, 0.15) is 11.5 Å². The van der Waals surface area contributed by atoms with E-state index in [1.165, 1.54) is 22.7 Å². The molecule has 0 spiro atoms. The van der Waals surface area contributed by atoms with Crippen molar-refractivity contribution in [3.63, 3.8) is 0 Å². The summed E-state index contributed by atoms with van der Waals surface area (Å²) in [6, 6.07) is 30.1. The van der Waals surface area contributed by atoms with E-state index in [0.717, 1.165) is 31.5 Å². The molecule has 0 aliphatic heterocycles. The average Bonchev–Trinajstić information content (AvgIpc) is 3.68. The van der Waals surface area contributed by atoms with Crippen LogP contribution in [0.2, 0.25) is 0 Å². The zero-order chi connectivity index (χ0) is 29.3. The average molecular weight is 777 g/mol. The molecule has 0 amide bonds. The maximum Gasteiger partial charge on any atom is 0.209 e. The molecule has 0 aliphatic carbocycles. The minimum atomic E-state index is 0. The molecule has 2 N–H and O–H groups in total. The Balaban J connectivity index is 0.000000192. The molecule has 0 aliphatic rings. The van der Waals surface area contributed by atoms with Gasteiger partial charge in [-0.25, -0.2) is 20.0 Å². The molecule has 0 saturated heterocycles. The predicted octanol–water partition coefficient (Wildman–Crippen LogP) is 10.1. The number of aliphatic imine (C=N–C) groups is 2. The summed E-state index contributed by atoms with van der Waals surface area (Å²) in [6.07, 6.45) is 3.25. The van der Waals surface area contributed by atoms with Crippen molar-refractivity contribution >= 4 is 77.2 Å². The van der Waals surface area contributed by atoms with Crippen LogP contribution >= 0.6 is 54.5 Å². The van der Waals surface area contributed by atoms with E-state index in [-0.39, 0.29) is 28.0 Å². The van der Waals surface area contributed by atoms with Gasteiger partial charge in [-0.1, -0.05) is 80.4 Å². The summed E-state index contributed by atoms with van der Waals surface area (Å²) in [4.78, 5) is 17.6. The Bertz CT molecular complexity index is 1700. The standard InChI is InChI=1S/2C16H11BrN2OS.Ni/c2*17-13-7-5-11(6-8-13)14-10-21-16(19-14)18-9-12-3-1-2-4-15(12)20;/h2*1-10,20H;/b2*18-9+;. The van der Waals surface area contributed by atoms with Crippen molar-refractivity contribution in [2.24, 2.45) is 9.98 Å². The van der Waals surface area contributed by atoms with Crippen molar-refractivity contribution in [3.8, 4) is 34.0 Å². The van der Waals surface area contributed by atoms with Crippen LogP contribution in [0.25, 0.3) is 22.5 Å². The van der Waals surface area contributed by atoms with Crippen LogP contribution in [0.1, 0.15) is 11.1 Å². The third kappa shape index (κ3) is 9.26. The van der Waals surface area contributed by atoms with E-state index in [1.54, 1.807) is 36.7 Å². The SMILES string of the molecule is Oc1ccccc1/C=N/c1nc(-c2ccc(Br)cc2)cs1.Oc1ccccc1/C=N/c1nc(-c2ccc(Br)cc2)cs1.[Ni]. The normalized spacial score (nSPS) is 10.8. The maximum absolute atomic E-state index is 9.69. The summed E-state index contributed by atoms with van der Waals surface area (Å²) < 4.78 is 2.08. The Labute approximate surface area is 283 Å². The molecule has 43 heavy (non-hydrogen) atoms. The Kier molecular flexibility index (Phi) is 12.0. The van der Waals surface area contributed by atoms with Gasteiger partial charge in [-0.05, 0) is 48.5 Å². The van der Waals surface area contributed by atoms with Crippen molar-refractivity contribution in [1.82, 2.24) is 9.97 Å². The summed E-state index contributed by atoms with van der Waals surface area (Å²) in [7, 11) is 0. The van der Waals surface area contributed by atoms with Gasteiger partial charge in [0, 0.05) is 70.9 Å². The first-order valence-corrected chi connectivity index (χ1v) is 15.9. The minimum absolute atomic E-state index is 0. The smallest absolute Gasteiger partial charge is 0.209 e. The number of aromatic nitrogens is 2. The van der Waals surface area contributed by atoms with Gasteiger partial charge < -0.3 is 10.2 Å². The molecule has 6 nitrogen and oxygen atoms in total. The van der Waals surface area contributed by atoms with E-state index in [0.29, 0.717) is 21.4 Å². The first-order chi connectivity index (χ1) is 20.4. The molecule has 6 rings (SSSR count). The first-order valence-electron chi connectivity index (χ1n) is 12.5. The van der Waals surface area contributed by atoms with E-state index >= 15 is 0 Å². The monoisotopic (exact) mass is 774 g/mol. The fourth-order valence-electron chi connectivity index (χ4n) is 3.60. The zero-order valence-electron chi connectivity index (χ0n) is 22.1. The quantitative estimate of drug-likeness (QED) is 0.130. The van der Waals surface area contributed by atoms with Crippen molar-refractivity contribution in [3.05, 3.63) is 128 Å². The molecular weight excluding hydrogens is 755 g/mol. The van der Waals surface area contributed by atoms with Gasteiger partial charge in [0.25, 0.3) is 0 Å². The largest absolute Gasteiger partial charge is 0.507 e. The molecule has 2 heterocycles. The Hall–Kier alpha value is -3.47. The molecule has 0 bridgehead atoms. The fourth-order valence-corrected chi connectivity index (χ4v) is 5.47. The fraction of sp³-hybridized carbons (Fsp3) is 0. The molecule has 0 unspecified atom stereocenters. The third-order valence-corrected chi connectivity index (χ3v) is 8.32. The number of hydrogen-bond acceptors (Lipinski definition) is 8. The number of nitrogens with zero attached hydrogens (tertiary/aromatic N) is 4. The van der Waals surface area contributed by atoms with Crippen LogP contribution in [0.3, 0.4) is 0 Å². The Morgan fingerprint density at radius 3 is 1.30 bits per heavy atom. The number of rotatable bonds is 6. The Morgan fingerprint density at radius 2 is 0.930 bits per heavy atom. The number of thiazole rings is 2. The van der Waals surface area contributed by atoms with Crippen molar-refractivity contribution in [2.75, 3.05) is 0 Å². The molecule has 2 aromatic heterocycles. The zero-order valence-corrected chi connectivity index (χ0v) is 27.9. The molecule has 0 fully saturated rings. The van der Waals surface area contributed by atoms with Crippen molar-refractivity contribution in [1.29, 1.82) is 0 Å². The van der Waals surface area contributed by atoms with Gasteiger partial charge in [-0.3, -0.25) is 0 Å². The summed E-state index contributed by atoms with van der Waals surface area (Å²) in [6.45, 7) is 0. The summed E-state index contributed by atoms with van der Waals surface area (Å²) >= 11 is 9.77. The maximum atomic E-state index is 9.69. The number of para-hydroxylation sites is 2. The van der Waals surface area contributed by atoms with Gasteiger partial charge in [-0.2, -0.15) is 0 Å². The van der Waals surface area contributed by atoms with E-state index < -0.39 is 0 Å². The molecule has 0 radical (unpaired) electrons. The van der Waals surface area contributed by atoms with Crippen LogP contribution < -0.4 is 0 Å². The number of phenolic OH excluding ortho intramolecular Hbond substituents is 2. The second-order valence-corrected chi connectivity index (χ2v) is 12.2. The number of halogens is 2. The molecule has 0 saturated carbocycles. The molecular formula is C32H22Br2N4NiO2S2. The second kappa shape index (κ2) is 15.8.